The highest BCUT2D eigenvalue weighted by atomic mass is 35.5. The van der Waals surface area contributed by atoms with Crippen molar-refractivity contribution in [1.82, 2.24) is 5.32 Å². The second-order valence-electron chi connectivity index (χ2n) is 4.79. The van der Waals surface area contributed by atoms with E-state index < -0.39 is 4.92 Å². The van der Waals surface area contributed by atoms with Gasteiger partial charge in [-0.25, -0.2) is 0 Å². The molecule has 5 nitrogen and oxygen atoms in total. The van der Waals surface area contributed by atoms with Gasteiger partial charge >= 0.3 is 0 Å². The first-order chi connectivity index (χ1) is 9.02. The van der Waals surface area contributed by atoms with Crippen LogP contribution < -0.4 is 5.32 Å². The van der Waals surface area contributed by atoms with Crippen LogP contribution in [0.1, 0.15) is 36.5 Å². The molecule has 19 heavy (non-hydrogen) atoms. The summed E-state index contributed by atoms with van der Waals surface area (Å²) in [5.74, 6) is 0.350. The van der Waals surface area contributed by atoms with Gasteiger partial charge in [0.1, 0.15) is 5.02 Å². The summed E-state index contributed by atoms with van der Waals surface area (Å²) in [4.78, 5) is 22.0. The molecule has 1 aromatic rings. The molecule has 0 spiro atoms. The third-order valence-electron chi connectivity index (χ3n) is 3.31. The van der Waals surface area contributed by atoms with Crippen molar-refractivity contribution in [1.29, 1.82) is 0 Å². The lowest BCUT2D eigenvalue weighted by Crippen LogP contribution is -2.26. The maximum atomic E-state index is 11.9. The Morgan fingerprint density at radius 1 is 1.58 bits per heavy atom. The Kier molecular flexibility index (Phi) is 4.04. The standard InChI is InChI=1S/C13H15ClN2O3/c1-2-3-8-7-11(8)15-13(17)9-4-5-12(16(18)19)10(14)6-9/h4-6,8,11H,2-3,7H2,1H3,(H,15,17). The molecule has 1 saturated carbocycles. The van der Waals surface area contributed by atoms with Gasteiger partial charge in [0.15, 0.2) is 0 Å². The van der Waals surface area contributed by atoms with E-state index in [1.54, 1.807) is 0 Å². The van der Waals surface area contributed by atoms with Crippen LogP contribution in [0.4, 0.5) is 5.69 Å². The molecule has 6 heteroatoms. The molecule has 1 aromatic carbocycles. The fraction of sp³-hybridized carbons (Fsp3) is 0.462. The van der Waals surface area contributed by atoms with E-state index in [4.69, 9.17) is 11.6 Å². The van der Waals surface area contributed by atoms with Crippen molar-refractivity contribution in [2.75, 3.05) is 0 Å². The molecule has 0 bridgehead atoms. The molecule has 0 radical (unpaired) electrons. The zero-order valence-electron chi connectivity index (χ0n) is 10.6. The number of nitrogens with one attached hydrogen (secondary N) is 1. The molecule has 1 aliphatic rings. The third kappa shape index (κ3) is 3.23. The topological polar surface area (TPSA) is 72.2 Å². The predicted molar refractivity (Wildman–Crippen MR) is 72.4 cm³/mol. The van der Waals surface area contributed by atoms with Crippen molar-refractivity contribution in [2.45, 2.75) is 32.2 Å². The molecule has 1 amide bonds. The largest absolute Gasteiger partial charge is 0.349 e. The number of hydrogen-bond acceptors (Lipinski definition) is 3. The molecule has 2 rings (SSSR count). The maximum Gasteiger partial charge on any atom is 0.287 e. The minimum Gasteiger partial charge on any atom is -0.349 e. The molecular weight excluding hydrogens is 268 g/mol. The molecule has 2 unspecified atom stereocenters. The summed E-state index contributed by atoms with van der Waals surface area (Å²) in [6.45, 7) is 2.12. The summed E-state index contributed by atoms with van der Waals surface area (Å²) in [5, 5.41) is 13.5. The number of benzene rings is 1. The molecule has 0 saturated heterocycles. The van der Waals surface area contributed by atoms with Gasteiger partial charge in [-0.2, -0.15) is 0 Å². The Labute approximate surface area is 116 Å². The second kappa shape index (κ2) is 5.57. The summed E-state index contributed by atoms with van der Waals surface area (Å²) < 4.78 is 0. The first-order valence-electron chi connectivity index (χ1n) is 6.27. The number of carbonyl (C=O) groups excluding carboxylic acids is 1. The first-order valence-corrected chi connectivity index (χ1v) is 6.65. The molecule has 0 aliphatic heterocycles. The second-order valence-corrected chi connectivity index (χ2v) is 5.19. The number of nitrogens with zero attached hydrogens (tertiary/aromatic N) is 1. The number of hydrogen-bond donors (Lipinski definition) is 1. The Hall–Kier alpha value is -1.62. The van der Waals surface area contributed by atoms with Gasteiger partial charge in [-0.3, -0.25) is 14.9 Å². The van der Waals surface area contributed by atoms with Crippen molar-refractivity contribution < 1.29 is 9.72 Å². The van der Waals surface area contributed by atoms with Crippen LogP contribution in [0, 0.1) is 16.0 Å². The number of nitro benzene ring substituents is 1. The highest BCUT2D eigenvalue weighted by Crippen LogP contribution is 2.35. The van der Waals surface area contributed by atoms with E-state index in [1.165, 1.54) is 18.2 Å². The van der Waals surface area contributed by atoms with E-state index in [1.807, 2.05) is 0 Å². The van der Waals surface area contributed by atoms with Crippen molar-refractivity contribution in [3.8, 4) is 0 Å². The van der Waals surface area contributed by atoms with E-state index in [9.17, 15) is 14.9 Å². The molecule has 0 aromatic heterocycles. The number of carbonyl (C=O) groups is 1. The van der Waals surface area contributed by atoms with Crippen LogP contribution in [0.3, 0.4) is 0 Å². The fourth-order valence-electron chi connectivity index (χ4n) is 2.16. The van der Waals surface area contributed by atoms with Crippen LogP contribution in [-0.2, 0) is 0 Å². The Morgan fingerprint density at radius 2 is 2.32 bits per heavy atom. The van der Waals surface area contributed by atoms with Crippen LogP contribution in [0.2, 0.25) is 5.02 Å². The summed E-state index contributed by atoms with van der Waals surface area (Å²) in [6, 6.07) is 4.26. The zero-order valence-corrected chi connectivity index (χ0v) is 11.3. The highest BCUT2D eigenvalue weighted by Gasteiger charge is 2.37. The average Bonchev–Trinajstić information content (AvgIpc) is 3.07. The Bertz CT molecular complexity index is 519. The average molecular weight is 283 g/mol. The molecule has 0 heterocycles. The smallest absolute Gasteiger partial charge is 0.287 e. The Balaban J connectivity index is 2.00. The normalized spacial score (nSPS) is 20.9. The first kappa shape index (κ1) is 13.8. The highest BCUT2D eigenvalue weighted by molar-refractivity contribution is 6.33. The third-order valence-corrected chi connectivity index (χ3v) is 3.61. The van der Waals surface area contributed by atoms with Crippen LogP contribution in [0.15, 0.2) is 18.2 Å². The minimum atomic E-state index is -0.567. The van der Waals surface area contributed by atoms with E-state index >= 15 is 0 Å². The zero-order chi connectivity index (χ0) is 14.0. The maximum absolute atomic E-state index is 11.9. The SMILES string of the molecule is CCCC1CC1NC(=O)c1ccc([N+](=O)[O-])c(Cl)c1. The van der Waals surface area contributed by atoms with Crippen molar-refractivity contribution >= 4 is 23.2 Å². The van der Waals surface area contributed by atoms with Gasteiger partial charge < -0.3 is 5.32 Å². The molecular formula is C13H15ClN2O3. The molecule has 1 N–H and O–H groups in total. The van der Waals surface area contributed by atoms with E-state index in [-0.39, 0.29) is 22.7 Å². The van der Waals surface area contributed by atoms with Crippen molar-refractivity contribution in [3.63, 3.8) is 0 Å². The molecule has 1 aliphatic carbocycles. The molecule has 2 atom stereocenters. The van der Waals surface area contributed by atoms with Crippen LogP contribution in [0.5, 0.6) is 0 Å². The van der Waals surface area contributed by atoms with Crippen molar-refractivity contribution in [2.24, 2.45) is 5.92 Å². The molecule has 102 valence electrons. The number of amides is 1. The lowest BCUT2D eigenvalue weighted by Gasteiger charge is -2.05. The number of nitro groups is 1. The van der Waals surface area contributed by atoms with E-state index in [0.717, 1.165) is 19.3 Å². The van der Waals surface area contributed by atoms with Gasteiger partial charge in [0, 0.05) is 17.7 Å². The van der Waals surface area contributed by atoms with Gasteiger partial charge in [-0.1, -0.05) is 24.9 Å². The minimum absolute atomic E-state index is 0.0152. The summed E-state index contributed by atoms with van der Waals surface area (Å²) >= 11 is 5.78. The number of halogens is 1. The Morgan fingerprint density at radius 3 is 2.89 bits per heavy atom. The lowest BCUT2D eigenvalue weighted by atomic mass is 10.2. The van der Waals surface area contributed by atoms with E-state index in [0.29, 0.717) is 11.5 Å². The van der Waals surface area contributed by atoms with Gasteiger partial charge in [-0.15, -0.1) is 0 Å². The van der Waals surface area contributed by atoms with Crippen LogP contribution in [0.25, 0.3) is 0 Å². The summed E-state index contributed by atoms with van der Waals surface area (Å²) in [5.41, 5.74) is 0.172. The van der Waals surface area contributed by atoms with Gasteiger partial charge in [0.05, 0.1) is 4.92 Å². The fourth-order valence-corrected chi connectivity index (χ4v) is 2.41. The molecule has 1 fully saturated rings. The number of rotatable bonds is 5. The van der Waals surface area contributed by atoms with Gasteiger partial charge in [0.2, 0.25) is 0 Å². The summed E-state index contributed by atoms with van der Waals surface area (Å²) in [7, 11) is 0. The van der Waals surface area contributed by atoms with Gasteiger partial charge in [0.25, 0.3) is 11.6 Å². The monoisotopic (exact) mass is 282 g/mol. The predicted octanol–water partition coefficient (Wildman–Crippen LogP) is 3.17. The van der Waals surface area contributed by atoms with Gasteiger partial charge in [-0.05, 0) is 30.9 Å². The van der Waals surface area contributed by atoms with Crippen LogP contribution >= 0.6 is 11.6 Å². The summed E-state index contributed by atoms with van der Waals surface area (Å²) in [6.07, 6.45) is 3.24. The van der Waals surface area contributed by atoms with Crippen LogP contribution in [-0.4, -0.2) is 16.9 Å². The van der Waals surface area contributed by atoms with E-state index in [2.05, 4.69) is 12.2 Å². The quantitative estimate of drug-likeness (QED) is 0.666. The lowest BCUT2D eigenvalue weighted by molar-refractivity contribution is -0.384. The van der Waals surface area contributed by atoms with Crippen molar-refractivity contribution in [3.05, 3.63) is 38.9 Å².